The molecule has 128 valence electrons. The molecule has 1 atom stereocenters. The van der Waals surface area contributed by atoms with Crippen molar-refractivity contribution in [3.63, 3.8) is 0 Å². The summed E-state index contributed by atoms with van der Waals surface area (Å²) in [6, 6.07) is 0. The van der Waals surface area contributed by atoms with E-state index in [2.05, 4.69) is 26.8 Å². The van der Waals surface area contributed by atoms with Gasteiger partial charge in [-0.3, -0.25) is 4.79 Å². The molecule has 2 rings (SSSR count). The highest BCUT2D eigenvalue weighted by molar-refractivity contribution is 5.78. The van der Waals surface area contributed by atoms with E-state index in [0.29, 0.717) is 11.7 Å². The molecule has 1 saturated carbocycles. The van der Waals surface area contributed by atoms with Crippen molar-refractivity contribution in [2.45, 2.75) is 91.6 Å². The number of carbonyl (C=O) groups is 2. The van der Waals surface area contributed by atoms with Crippen molar-refractivity contribution >= 4 is 11.6 Å². The van der Waals surface area contributed by atoms with Gasteiger partial charge in [0.1, 0.15) is 11.6 Å². The van der Waals surface area contributed by atoms with E-state index in [1.807, 2.05) is 0 Å². The summed E-state index contributed by atoms with van der Waals surface area (Å²) in [5.74, 6) is 1.01. The number of Topliss-reactive ketones (excluding diaryl/α,β-unsaturated/α-hetero) is 2. The summed E-state index contributed by atoms with van der Waals surface area (Å²) in [7, 11) is 0. The molecule has 1 unspecified atom stereocenters. The van der Waals surface area contributed by atoms with Crippen molar-refractivity contribution in [1.82, 2.24) is 0 Å². The lowest BCUT2D eigenvalue weighted by atomic mass is 9.78. The maximum atomic E-state index is 10.5. The van der Waals surface area contributed by atoms with Crippen molar-refractivity contribution in [3.05, 3.63) is 11.6 Å². The van der Waals surface area contributed by atoms with Crippen molar-refractivity contribution in [3.8, 4) is 0 Å². The molecule has 0 aliphatic heterocycles. The van der Waals surface area contributed by atoms with Gasteiger partial charge < -0.3 is 9.90 Å². The first-order valence-corrected chi connectivity index (χ1v) is 8.54. The Morgan fingerprint density at radius 3 is 1.91 bits per heavy atom. The maximum Gasteiger partial charge on any atom is 0.132 e. The van der Waals surface area contributed by atoms with Crippen LogP contribution in [0.4, 0.5) is 0 Å². The summed E-state index contributed by atoms with van der Waals surface area (Å²) >= 11 is 0. The molecule has 0 radical (unpaired) electrons. The fourth-order valence-electron chi connectivity index (χ4n) is 2.44. The second-order valence-electron chi connectivity index (χ2n) is 7.02. The van der Waals surface area contributed by atoms with Crippen LogP contribution in [0.3, 0.4) is 0 Å². The minimum atomic E-state index is -0.417. The summed E-state index contributed by atoms with van der Waals surface area (Å²) in [4.78, 5) is 19.9. The van der Waals surface area contributed by atoms with Crippen LogP contribution in [0, 0.1) is 5.92 Å². The van der Waals surface area contributed by atoms with Gasteiger partial charge in [-0.05, 0) is 58.8 Å². The number of hydrogen-bond donors (Lipinski definition) is 1. The zero-order valence-corrected chi connectivity index (χ0v) is 15.1. The Hall–Kier alpha value is -0.960. The lowest BCUT2D eigenvalue weighted by molar-refractivity contribution is -0.120. The van der Waals surface area contributed by atoms with Gasteiger partial charge >= 0.3 is 0 Å². The third-order valence-electron chi connectivity index (χ3n) is 4.24. The van der Waals surface area contributed by atoms with Crippen LogP contribution >= 0.6 is 0 Å². The lowest BCUT2D eigenvalue weighted by Gasteiger charge is -2.34. The Morgan fingerprint density at radius 1 is 1.14 bits per heavy atom. The van der Waals surface area contributed by atoms with Gasteiger partial charge in [0, 0.05) is 12.8 Å². The molecule has 0 bridgehead atoms. The van der Waals surface area contributed by atoms with Gasteiger partial charge in [0.15, 0.2) is 0 Å². The summed E-state index contributed by atoms with van der Waals surface area (Å²) < 4.78 is 0. The molecule has 0 heterocycles. The van der Waals surface area contributed by atoms with Crippen LogP contribution in [0.15, 0.2) is 11.6 Å². The summed E-state index contributed by atoms with van der Waals surface area (Å²) in [6.45, 7) is 9.38. The normalized spacial score (nSPS) is 24.5. The van der Waals surface area contributed by atoms with Crippen molar-refractivity contribution in [2.75, 3.05) is 0 Å². The highest BCUT2D eigenvalue weighted by Gasteiger charge is 2.31. The summed E-state index contributed by atoms with van der Waals surface area (Å²) in [6.07, 6.45) is 10.3. The molecule has 1 fully saturated rings. The molecule has 0 amide bonds. The molecular formula is C19H34O3. The second kappa shape index (κ2) is 10.7. The quantitative estimate of drug-likeness (QED) is 0.719. The van der Waals surface area contributed by atoms with Crippen LogP contribution in [-0.4, -0.2) is 22.3 Å². The van der Waals surface area contributed by atoms with E-state index in [0.717, 1.165) is 44.9 Å². The molecule has 22 heavy (non-hydrogen) atoms. The molecule has 0 aromatic rings. The molecule has 2 aliphatic rings. The SMILES string of the molecule is CC(C)=O.CC1=CCC(O)(C(C)C)CC1.O=C1CCCCC1. The molecule has 0 saturated heterocycles. The van der Waals surface area contributed by atoms with Crippen LogP contribution in [-0.2, 0) is 9.59 Å². The Kier molecular flexibility index (Phi) is 10.2. The van der Waals surface area contributed by atoms with Crippen LogP contribution in [0.2, 0.25) is 0 Å². The van der Waals surface area contributed by atoms with Crippen LogP contribution in [0.1, 0.15) is 86.0 Å². The number of aliphatic hydroxyl groups is 1. The van der Waals surface area contributed by atoms with Crippen molar-refractivity contribution in [1.29, 1.82) is 0 Å². The van der Waals surface area contributed by atoms with E-state index >= 15 is 0 Å². The van der Waals surface area contributed by atoms with E-state index in [4.69, 9.17) is 0 Å². The smallest absolute Gasteiger partial charge is 0.132 e. The van der Waals surface area contributed by atoms with Gasteiger partial charge in [0.05, 0.1) is 5.60 Å². The Balaban J connectivity index is 0.000000343. The molecule has 2 aliphatic carbocycles. The fraction of sp³-hybridized carbons (Fsp3) is 0.789. The molecule has 1 N–H and O–H groups in total. The predicted octanol–water partition coefficient (Wildman–Crippen LogP) is 4.62. The number of rotatable bonds is 1. The number of ketones is 2. The van der Waals surface area contributed by atoms with Gasteiger partial charge in [-0.1, -0.05) is 31.9 Å². The Labute approximate surface area is 136 Å². The van der Waals surface area contributed by atoms with E-state index in [1.165, 1.54) is 25.8 Å². The third-order valence-corrected chi connectivity index (χ3v) is 4.24. The average molecular weight is 310 g/mol. The largest absolute Gasteiger partial charge is 0.389 e. The zero-order valence-electron chi connectivity index (χ0n) is 15.1. The van der Waals surface area contributed by atoms with Crippen molar-refractivity contribution in [2.24, 2.45) is 5.92 Å². The van der Waals surface area contributed by atoms with Gasteiger partial charge in [-0.2, -0.15) is 0 Å². The van der Waals surface area contributed by atoms with Gasteiger partial charge in [0.25, 0.3) is 0 Å². The first-order valence-electron chi connectivity index (χ1n) is 8.54. The monoisotopic (exact) mass is 310 g/mol. The average Bonchev–Trinajstić information content (AvgIpc) is 2.43. The molecule has 0 aromatic carbocycles. The highest BCUT2D eigenvalue weighted by Crippen LogP contribution is 2.32. The summed E-state index contributed by atoms with van der Waals surface area (Å²) in [5, 5.41) is 10.0. The van der Waals surface area contributed by atoms with Crippen molar-refractivity contribution < 1.29 is 14.7 Å². The molecule has 0 aromatic heterocycles. The van der Waals surface area contributed by atoms with E-state index in [1.54, 1.807) is 0 Å². The lowest BCUT2D eigenvalue weighted by Crippen LogP contribution is -2.36. The van der Waals surface area contributed by atoms with E-state index in [-0.39, 0.29) is 5.78 Å². The second-order valence-corrected chi connectivity index (χ2v) is 7.02. The Morgan fingerprint density at radius 2 is 1.64 bits per heavy atom. The van der Waals surface area contributed by atoms with Crippen LogP contribution in [0.25, 0.3) is 0 Å². The maximum absolute atomic E-state index is 10.5. The topological polar surface area (TPSA) is 54.4 Å². The Bertz CT molecular complexity index is 370. The third kappa shape index (κ3) is 9.88. The predicted molar refractivity (Wildman–Crippen MR) is 91.8 cm³/mol. The van der Waals surface area contributed by atoms with Gasteiger partial charge in [-0.25, -0.2) is 0 Å². The first-order chi connectivity index (χ1) is 10.2. The minimum absolute atomic E-state index is 0.167. The van der Waals surface area contributed by atoms with Gasteiger partial charge in [0.2, 0.25) is 0 Å². The number of hydrogen-bond acceptors (Lipinski definition) is 3. The number of allylic oxidation sites excluding steroid dienone is 1. The summed E-state index contributed by atoms with van der Waals surface area (Å²) in [5.41, 5.74) is 1.01. The minimum Gasteiger partial charge on any atom is -0.389 e. The van der Waals surface area contributed by atoms with Crippen LogP contribution < -0.4 is 0 Å². The van der Waals surface area contributed by atoms with E-state index in [9.17, 15) is 14.7 Å². The first kappa shape index (κ1) is 21.0. The molecular weight excluding hydrogens is 276 g/mol. The molecule has 3 heteroatoms. The molecule has 0 spiro atoms. The standard InChI is InChI=1S/C10H18O.C6H10O.C3H6O/c1-8(2)10(11)6-4-9(3)5-7-10;7-6-4-2-1-3-5-6;1-3(2)4/h4,8,11H,5-7H2,1-3H3;1-5H2;1-2H3. The van der Waals surface area contributed by atoms with Gasteiger partial charge in [-0.15, -0.1) is 0 Å². The van der Waals surface area contributed by atoms with Crippen LogP contribution in [0.5, 0.6) is 0 Å². The molecule has 3 nitrogen and oxygen atoms in total. The highest BCUT2D eigenvalue weighted by atomic mass is 16.3. The van der Waals surface area contributed by atoms with E-state index < -0.39 is 5.60 Å². The fourth-order valence-corrected chi connectivity index (χ4v) is 2.44. The zero-order chi connectivity index (χ0) is 17.2. The number of carbonyl (C=O) groups excluding carboxylic acids is 2.